The lowest BCUT2D eigenvalue weighted by atomic mass is 10.1. The molecule has 0 saturated carbocycles. The Morgan fingerprint density at radius 3 is 3.00 bits per heavy atom. The molecule has 3 heteroatoms. The van der Waals surface area contributed by atoms with Crippen LogP contribution >= 0.6 is 0 Å². The summed E-state index contributed by atoms with van der Waals surface area (Å²) in [5.74, 6) is 0.721. The van der Waals surface area contributed by atoms with Crippen LogP contribution < -0.4 is 5.32 Å². The van der Waals surface area contributed by atoms with Crippen molar-refractivity contribution < 1.29 is 9.47 Å². The average molecular weight is 187 g/mol. The highest BCUT2D eigenvalue weighted by atomic mass is 16.5. The van der Waals surface area contributed by atoms with Gasteiger partial charge in [-0.05, 0) is 26.2 Å². The van der Waals surface area contributed by atoms with Crippen LogP contribution in [-0.2, 0) is 9.47 Å². The molecule has 1 aliphatic heterocycles. The lowest BCUT2D eigenvalue weighted by molar-refractivity contribution is 0.0802. The molecule has 1 N–H and O–H groups in total. The summed E-state index contributed by atoms with van der Waals surface area (Å²) in [5.41, 5.74) is 0. The van der Waals surface area contributed by atoms with Crippen LogP contribution in [0.2, 0.25) is 0 Å². The quantitative estimate of drug-likeness (QED) is 0.630. The fourth-order valence-electron chi connectivity index (χ4n) is 1.42. The SMILES string of the molecule is CC(C)OCCNCC1CCOC1. The molecule has 3 nitrogen and oxygen atoms in total. The van der Waals surface area contributed by atoms with Crippen molar-refractivity contribution in [3.8, 4) is 0 Å². The van der Waals surface area contributed by atoms with E-state index in [1.165, 1.54) is 6.42 Å². The van der Waals surface area contributed by atoms with Crippen LogP contribution in [0.15, 0.2) is 0 Å². The van der Waals surface area contributed by atoms with Crippen LogP contribution in [0.4, 0.5) is 0 Å². The maximum absolute atomic E-state index is 5.41. The van der Waals surface area contributed by atoms with Crippen molar-refractivity contribution in [2.45, 2.75) is 26.4 Å². The molecule has 78 valence electrons. The second kappa shape index (κ2) is 6.35. The minimum atomic E-state index is 0.344. The zero-order chi connectivity index (χ0) is 9.52. The summed E-state index contributed by atoms with van der Waals surface area (Å²) in [4.78, 5) is 0. The Morgan fingerprint density at radius 1 is 1.54 bits per heavy atom. The Kier molecular flexibility index (Phi) is 5.35. The molecule has 0 aromatic carbocycles. The molecule has 1 fully saturated rings. The largest absolute Gasteiger partial charge is 0.381 e. The third kappa shape index (κ3) is 5.24. The Bertz CT molecular complexity index is 122. The van der Waals surface area contributed by atoms with Crippen LogP contribution in [0.25, 0.3) is 0 Å². The van der Waals surface area contributed by atoms with E-state index in [4.69, 9.17) is 9.47 Å². The summed E-state index contributed by atoms with van der Waals surface area (Å²) < 4.78 is 10.7. The number of ether oxygens (including phenoxy) is 2. The first kappa shape index (κ1) is 11.0. The van der Waals surface area contributed by atoms with Crippen molar-refractivity contribution >= 4 is 0 Å². The average Bonchev–Trinajstić information content (AvgIpc) is 2.55. The third-order valence-corrected chi connectivity index (χ3v) is 2.19. The van der Waals surface area contributed by atoms with Crippen molar-refractivity contribution in [3.05, 3.63) is 0 Å². The van der Waals surface area contributed by atoms with E-state index in [9.17, 15) is 0 Å². The number of hydrogen-bond donors (Lipinski definition) is 1. The van der Waals surface area contributed by atoms with Crippen LogP contribution in [0.5, 0.6) is 0 Å². The maximum atomic E-state index is 5.41. The zero-order valence-electron chi connectivity index (χ0n) is 8.71. The topological polar surface area (TPSA) is 30.5 Å². The molecule has 13 heavy (non-hydrogen) atoms. The minimum absolute atomic E-state index is 0.344. The van der Waals surface area contributed by atoms with Gasteiger partial charge in [-0.2, -0.15) is 0 Å². The van der Waals surface area contributed by atoms with E-state index in [0.29, 0.717) is 6.10 Å². The number of nitrogens with one attached hydrogen (secondary N) is 1. The molecule has 0 aliphatic carbocycles. The highest BCUT2D eigenvalue weighted by molar-refractivity contribution is 4.66. The first-order chi connectivity index (χ1) is 6.29. The van der Waals surface area contributed by atoms with E-state index in [1.54, 1.807) is 0 Å². The molecular weight excluding hydrogens is 166 g/mol. The smallest absolute Gasteiger partial charge is 0.0594 e. The van der Waals surface area contributed by atoms with Gasteiger partial charge in [0.25, 0.3) is 0 Å². The summed E-state index contributed by atoms with van der Waals surface area (Å²) >= 11 is 0. The lowest BCUT2D eigenvalue weighted by Crippen LogP contribution is -2.27. The normalized spacial score (nSPS) is 22.8. The van der Waals surface area contributed by atoms with E-state index in [1.807, 2.05) is 0 Å². The van der Waals surface area contributed by atoms with E-state index in [0.717, 1.165) is 38.8 Å². The summed E-state index contributed by atoms with van der Waals surface area (Å²) in [6.07, 6.45) is 1.55. The van der Waals surface area contributed by atoms with Crippen LogP contribution in [0, 0.1) is 5.92 Å². The molecule has 0 bridgehead atoms. The van der Waals surface area contributed by atoms with Gasteiger partial charge in [-0.3, -0.25) is 0 Å². The van der Waals surface area contributed by atoms with Gasteiger partial charge >= 0.3 is 0 Å². The van der Waals surface area contributed by atoms with Gasteiger partial charge in [0.1, 0.15) is 0 Å². The van der Waals surface area contributed by atoms with Crippen molar-refractivity contribution in [2.24, 2.45) is 5.92 Å². The van der Waals surface area contributed by atoms with Gasteiger partial charge in [0, 0.05) is 19.7 Å². The molecule has 1 saturated heterocycles. The monoisotopic (exact) mass is 187 g/mol. The first-order valence-electron chi connectivity index (χ1n) is 5.19. The fraction of sp³-hybridized carbons (Fsp3) is 1.00. The van der Waals surface area contributed by atoms with Gasteiger partial charge in [0.2, 0.25) is 0 Å². The van der Waals surface area contributed by atoms with Crippen molar-refractivity contribution in [1.29, 1.82) is 0 Å². The predicted octanol–water partition coefficient (Wildman–Crippen LogP) is 1.04. The molecule has 0 aromatic rings. The predicted molar refractivity (Wildman–Crippen MR) is 52.9 cm³/mol. The fourth-order valence-corrected chi connectivity index (χ4v) is 1.42. The molecule has 1 rings (SSSR count). The van der Waals surface area contributed by atoms with Crippen molar-refractivity contribution in [2.75, 3.05) is 32.9 Å². The van der Waals surface area contributed by atoms with Gasteiger partial charge in [0.05, 0.1) is 19.3 Å². The van der Waals surface area contributed by atoms with Crippen molar-refractivity contribution in [1.82, 2.24) is 5.32 Å². The lowest BCUT2D eigenvalue weighted by Gasteiger charge is -2.10. The second-order valence-corrected chi connectivity index (χ2v) is 3.85. The molecule has 0 amide bonds. The Hall–Kier alpha value is -0.120. The summed E-state index contributed by atoms with van der Waals surface area (Å²) in [7, 11) is 0. The number of rotatable bonds is 6. The van der Waals surface area contributed by atoms with E-state index < -0.39 is 0 Å². The van der Waals surface area contributed by atoms with Crippen LogP contribution in [-0.4, -0.2) is 39.0 Å². The van der Waals surface area contributed by atoms with Crippen LogP contribution in [0.3, 0.4) is 0 Å². The van der Waals surface area contributed by atoms with Gasteiger partial charge in [-0.25, -0.2) is 0 Å². The number of hydrogen-bond acceptors (Lipinski definition) is 3. The van der Waals surface area contributed by atoms with E-state index in [-0.39, 0.29) is 0 Å². The molecule has 1 unspecified atom stereocenters. The Morgan fingerprint density at radius 2 is 2.38 bits per heavy atom. The summed E-state index contributed by atoms with van der Waals surface area (Å²) in [5, 5.41) is 3.38. The maximum Gasteiger partial charge on any atom is 0.0594 e. The third-order valence-electron chi connectivity index (χ3n) is 2.19. The standard InChI is InChI=1S/C10H21NO2/c1-9(2)13-6-4-11-7-10-3-5-12-8-10/h9-11H,3-8H2,1-2H3. The summed E-state index contributed by atoms with van der Waals surface area (Å²) in [6.45, 7) is 8.82. The molecule has 0 radical (unpaired) electrons. The molecule has 1 atom stereocenters. The molecular formula is C10H21NO2. The van der Waals surface area contributed by atoms with Crippen molar-refractivity contribution in [3.63, 3.8) is 0 Å². The molecule has 1 aliphatic rings. The highest BCUT2D eigenvalue weighted by Crippen LogP contribution is 2.10. The van der Waals surface area contributed by atoms with Crippen LogP contribution in [0.1, 0.15) is 20.3 Å². The van der Waals surface area contributed by atoms with Gasteiger partial charge in [-0.1, -0.05) is 0 Å². The van der Waals surface area contributed by atoms with E-state index in [2.05, 4.69) is 19.2 Å². The van der Waals surface area contributed by atoms with Gasteiger partial charge in [0.15, 0.2) is 0 Å². The zero-order valence-corrected chi connectivity index (χ0v) is 8.71. The highest BCUT2D eigenvalue weighted by Gasteiger charge is 2.14. The summed E-state index contributed by atoms with van der Waals surface area (Å²) in [6, 6.07) is 0. The second-order valence-electron chi connectivity index (χ2n) is 3.85. The van der Waals surface area contributed by atoms with Gasteiger partial charge in [-0.15, -0.1) is 0 Å². The van der Waals surface area contributed by atoms with Gasteiger partial charge < -0.3 is 14.8 Å². The van der Waals surface area contributed by atoms with E-state index >= 15 is 0 Å². The molecule has 0 aromatic heterocycles. The molecule has 1 heterocycles. The Labute approximate surface area is 80.8 Å². The molecule has 0 spiro atoms. The minimum Gasteiger partial charge on any atom is -0.381 e. The first-order valence-corrected chi connectivity index (χ1v) is 5.19. The Balaban J connectivity index is 1.83.